The Kier molecular flexibility index (Phi) is 5.37. The summed E-state index contributed by atoms with van der Waals surface area (Å²) in [7, 11) is 0. The van der Waals surface area contributed by atoms with Gasteiger partial charge in [0.25, 0.3) is 0 Å². The van der Waals surface area contributed by atoms with Crippen molar-refractivity contribution < 1.29 is 19.5 Å². The lowest BCUT2D eigenvalue weighted by Crippen LogP contribution is -2.45. The number of carbonyl (C=O) groups is 3. The van der Waals surface area contributed by atoms with Crippen molar-refractivity contribution in [3.63, 3.8) is 0 Å². The Balaban J connectivity index is 2.38. The molecule has 0 aromatic carbocycles. The number of primary amides is 1. The number of aliphatic carboxylic acids is 1. The Morgan fingerprint density at radius 3 is 2.50 bits per heavy atom. The van der Waals surface area contributed by atoms with Crippen LogP contribution in [0.25, 0.3) is 0 Å². The molecule has 1 saturated heterocycles. The lowest BCUT2D eigenvalue weighted by Gasteiger charge is -2.21. The molecule has 0 unspecified atom stereocenters. The molecule has 0 spiro atoms. The highest BCUT2D eigenvalue weighted by atomic mass is 16.4. The lowest BCUT2D eigenvalue weighted by atomic mass is 10.4. The molecule has 8 heteroatoms. The maximum Gasteiger partial charge on any atom is 0.317 e. The van der Waals surface area contributed by atoms with Crippen molar-refractivity contribution in [2.75, 3.05) is 39.3 Å². The van der Waals surface area contributed by atoms with Crippen molar-refractivity contribution in [2.45, 2.75) is 6.42 Å². The summed E-state index contributed by atoms with van der Waals surface area (Å²) in [5.41, 5.74) is 4.93. The summed E-state index contributed by atoms with van der Waals surface area (Å²) in [6.45, 7) is 1.94. The third kappa shape index (κ3) is 5.00. The van der Waals surface area contributed by atoms with E-state index < -0.39 is 11.9 Å². The molecule has 3 amide bonds. The number of amides is 3. The number of carboxylic acid groups (broad SMARTS) is 1. The third-order valence-corrected chi connectivity index (χ3v) is 2.65. The van der Waals surface area contributed by atoms with Gasteiger partial charge in [-0.15, -0.1) is 0 Å². The molecule has 0 bridgehead atoms. The summed E-state index contributed by atoms with van der Waals surface area (Å²) in [6.07, 6.45) is 0.706. The number of rotatable bonds is 4. The monoisotopic (exact) mass is 258 g/mol. The standard InChI is InChI=1S/C10H18N4O4/c11-8(15)6-12-10(18)14-3-1-2-13(4-5-14)7-9(16)17/h1-7H2,(H2,11,15)(H,12,18)(H,16,17). The van der Waals surface area contributed by atoms with Crippen molar-refractivity contribution in [3.8, 4) is 0 Å². The van der Waals surface area contributed by atoms with Crippen LogP contribution in [0.5, 0.6) is 0 Å². The molecule has 18 heavy (non-hydrogen) atoms. The quantitative estimate of drug-likeness (QED) is 0.554. The van der Waals surface area contributed by atoms with Gasteiger partial charge in [-0.1, -0.05) is 0 Å². The number of nitrogens with two attached hydrogens (primary N) is 1. The molecule has 1 heterocycles. The Bertz CT molecular complexity index is 334. The zero-order valence-electron chi connectivity index (χ0n) is 10.1. The molecule has 1 fully saturated rings. The van der Waals surface area contributed by atoms with Crippen molar-refractivity contribution in [3.05, 3.63) is 0 Å². The van der Waals surface area contributed by atoms with E-state index in [1.165, 1.54) is 0 Å². The van der Waals surface area contributed by atoms with E-state index in [9.17, 15) is 14.4 Å². The molecular formula is C10H18N4O4. The zero-order chi connectivity index (χ0) is 13.5. The van der Waals surface area contributed by atoms with Crippen LogP contribution in [0.15, 0.2) is 0 Å². The Hall–Kier alpha value is -1.83. The zero-order valence-corrected chi connectivity index (χ0v) is 10.1. The summed E-state index contributed by atoms with van der Waals surface area (Å²) in [4.78, 5) is 36.1. The molecule has 0 atom stereocenters. The van der Waals surface area contributed by atoms with Crippen LogP contribution >= 0.6 is 0 Å². The number of urea groups is 1. The maximum atomic E-state index is 11.7. The van der Waals surface area contributed by atoms with Crippen LogP contribution < -0.4 is 11.1 Å². The number of carboxylic acids is 1. The van der Waals surface area contributed by atoms with Crippen LogP contribution in [0, 0.1) is 0 Å². The van der Waals surface area contributed by atoms with Gasteiger partial charge in [0.15, 0.2) is 0 Å². The highest BCUT2D eigenvalue weighted by molar-refractivity contribution is 5.82. The molecule has 0 saturated carbocycles. The van der Waals surface area contributed by atoms with Gasteiger partial charge < -0.3 is 21.1 Å². The predicted octanol–water partition coefficient (Wildman–Crippen LogP) is -1.73. The third-order valence-electron chi connectivity index (χ3n) is 2.65. The van der Waals surface area contributed by atoms with E-state index in [1.807, 2.05) is 0 Å². The minimum Gasteiger partial charge on any atom is -0.480 e. The minimum atomic E-state index is -0.873. The lowest BCUT2D eigenvalue weighted by molar-refractivity contribution is -0.138. The Morgan fingerprint density at radius 2 is 1.89 bits per heavy atom. The second kappa shape index (κ2) is 6.80. The smallest absolute Gasteiger partial charge is 0.317 e. The largest absolute Gasteiger partial charge is 0.480 e. The molecular weight excluding hydrogens is 240 g/mol. The normalized spacial score (nSPS) is 17.0. The van der Waals surface area contributed by atoms with E-state index in [-0.39, 0.29) is 19.1 Å². The average molecular weight is 258 g/mol. The van der Waals surface area contributed by atoms with Gasteiger partial charge >= 0.3 is 12.0 Å². The first kappa shape index (κ1) is 14.2. The summed E-state index contributed by atoms with van der Waals surface area (Å²) in [5, 5.41) is 11.1. The summed E-state index contributed by atoms with van der Waals surface area (Å²) < 4.78 is 0. The summed E-state index contributed by atoms with van der Waals surface area (Å²) in [5.74, 6) is -1.47. The predicted molar refractivity (Wildman–Crippen MR) is 62.9 cm³/mol. The number of nitrogens with one attached hydrogen (secondary N) is 1. The number of hydrogen-bond donors (Lipinski definition) is 3. The fourth-order valence-electron chi connectivity index (χ4n) is 1.80. The molecule has 1 rings (SSSR count). The number of hydrogen-bond acceptors (Lipinski definition) is 4. The second-order valence-corrected chi connectivity index (χ2v) is 4.14. The van der Waals surface area contributed by atoms with Crippen molar-refractivity contribution in [1.82, 2.24) is 15.1 Å². The SMILES string of the molecule is NC(=O)CNC(=O)N1CCCN(CC(=O)O)CC1. The molecule has 8 nitrogen and oxygen atoms in total. The number of carbonyl (C=O) groups excluding carboxylic acids is 2. The molecule has 1 aliphatic rings. The minimum absolute atomic E-state index is 0.0171. The van der Waals surface area contributed by atoms with Gasteiger partial charge in [-0.2, -0.15) is 0 Å². The first-order chi connectivity index (χ1) is 8.49. The van der Waals surface area contributed by atoms with Crippen LogP contribution in [0.2, 0.25) is 0 Å². The van der Waals surface area contributed by atoms with Gasteiger partial charge in [0.1, 0.15) is 0 Å². The molecule has 0 aromatic heterocycles. The molecule has 0 radical (unpaired) electrons. The van der Waals surface area contributed by atoms with Gasteiger partial charge in [-0.05, 0) is 6.42 Å². The van der Waals surface area contributed by atoms with E-state index in [0.717, 1.165) is 0 Å². The average Bonchev–Trinajstić information content (AvgIpc) is 2.50. The Morgan fingerprint density at radius 1 is 1.17 bits per heavy atom. The summed E-state index contributed by atoms with van der Waals surface area (Å²) in [6, 6.07) is -0.342. The highest BCUT2D eigenvalue weighted by Crippen LogP contribution is 2.03. The van der Waals surface area contributed by atoms with Gasteiger partial charge in [0, 0.05) is 26.2 Å². The van der Waals surface area contributed by atoms with Gasteiger partial charge in [0.2, 0.25) is 5.91 Å². The van der Waals surface area contributed by atoms with Crippen LogP contribution in [-0.2, 0) is 9.59 Å². The molecule has 0 aromatic rings. The van der Waals surface area contributed by atoms with E-state index in [4.69, 9.17) is 10.8 Å². The fraction of sp³-hybridized carbons (Fsp3) is 0.700. The molecule has 1 aliphatic heterocycles. The van der Waals surface area contributed by atoms with Crippen LogP contribution in [0.4, 0.5) is 4.79 Å². The van der Waals surface area contributed by atoms with Crippen LogP contribution in [0.3, 0.4) is 0 Å². The first-order valence-corrected chi connectivity index (χ1v) is 5.74. The molecule has 102 valence electrons. The van der Waals surface area contributed by atoms with E-state index >= 15 is 0 Å². The van der Waals surface area contributed by atoms with Crippen LogP contribution in [-0.4, -0.2) is 72.1 Å². The topological polar surface area (TPSA) is 116 Å². The second-order valence-electron chi connectivity index (χ2n) is 4.14. The highest BCUT2D eigenvalue weighted by Gasteiger charge is 2.20. The first-order valence-electron chi connectivity index (χ1n) is 5.74. The Labute approximate surface area is 105 Å². The molecule has 0 aliphatic carbocycles. The van der Waals surface area contributed by atoms with E-state index in [2.05, 4.69) is 5.32 Å². The van der Waals surface area contributed by atoms with Gasteiger partial charge in [-0.25, -0.2) is 4.79 Å². The van der Waals surface area contributed by atoms with Crippen molar-refractivity contribution >= 4 is 17.9 Å². The van der Waals surface area contributed by atoms with E-state index in [0.29, 0.717) is 32.6 Å². The maximum absolute atomic E-state index is 11.7. The summed E-state index contributed by atoms with van der Waals surface area (Å²) >= 11 is 0. The van der Waals surface area contributed by atoms with Crippen molar-refractivity contribution in [1.29, 1.82) is 0 Å². The van der Waals surface area contributed by atoms with Gasteiger partial charge in [0.05, 0.1) is 13.1 Å². The number of nitrogens with zero attached hydrogens (tertiary/aromatic N) is 2. The van der Waals surface area contributed by atoms with E-state index in [1.54, 1.807) is 9.80 Å². The fourth-order valence-corrected chi connectivity index (χ4v) is 1.80. The van der Waals surface area contributed by atoms with Crippen LogP contribution in [0.1, 0.15) is 6.42 Å². The van der Waals surface area contributed by atoms with Crippen molar-refractivity contribution in [2.24, 2.45) is 5.73 Å². The van der Waals surface area contributed by atoms with Gasteiger partial charge in [-0.3, -0.25) is 14.5 Å². The molecule has 4 N–H and O–H groups in total.